The lowest BCUT2D eigenvalue weighted by Gasteiger charge is -2.13. The van der Waals surface area contributed by atoms with Gasteiger partial charge in [0.2, 0.25) is 0 Å². The molecule has 0 saturated carbocycles. The Morgan fingerprint density at radius 2 is 2.40 bits per heavy atom. The number of Topliss-reactive ketones (excluding diaryl/α,β-unsaturated/α-hetero) is 1. The van der Waals surface area contributed by atoms with Crippen molar-refractivity contribution < 1.29 is 4.79 Å². The van der Waals surface area contributed by atoms with Crippen LogP contribution in [0.4, 0.5) is 0 Å². The predicted octanol–water partition coefficient (Wildman–Crippen LogP) is 2.39. The van der Waals surface area contributed by atoms with E-state index < -0.39 is 0 Å². The minimum atomic E-state index is 0.106. The first kappa shape index (κ1) is 10.8. The number of carbonyl (C=O) groups is 1. The molecule has 1 unspecified atom stereocenters. The van der Waals surface area contributed by atoms with Gasteiger partial charge in [0.05, 0.1) is 6.04 Å². The fourth-order valence-corrected chi connectivity index (χ4v) is 2.73. The van der Waals surface area contributed by atoms with Crippen LogP contribution in [0.25, 0.3) is 0 Å². The number of rotatable bonds is 3. The topological polar surface area (TPSA) is 29.1 Å². The molecule has 2 rings (SSSR count). The van der Waals surface area contributed by atoms with E-state index in [9.17, 15) is 4.79 Å². The summed E-state index contributed by atoms with van der Waals surface area (Å²) in [6, 6.07) is 4.15. The Bertz CT molecular complexity index is 299. The van der Waals surface area contributed by atoms with Gasteiger partial charge in [-0.1, -0.05) is 18.9 Å². The molecule has 82 valence electrons. The second-order valence-electron chi connectivity index (χ2n) is 4.08. The van der Waals surface area contributed by atoms with Crippen LogP contribution >= 0.6 is 11.3 Å². The predicted molar refractivity (Wildman–Crippen MR) is 63.3 cm³/mol. The van der Waals surface area contributed by atoms with E-state index in [0.29, 0.717) is 12.2 Å². The van der Waals surface area contributed by atoms with Gasteiger partial charge in [0.1, 0.15) is 0 Å². The van der Waals surface area contributed by atoms with E-state index in [1.54, 1.807) is 11.3 Å². The summed E-state index contributed by atoms with van der Waals surface area (Å²) < 4.78 is 0. The number of ketones is 1. The molecule has 0 radical (unpaired) electrons. The van der Waals surface area contributed by atoms with E-state index in [1.165, 1.54) is 24.1 Å². The van der Waals surface area contributed by atoms with Gasteiger partial charge in [0, 0.05) is 11.3 Å². The Labute approximate surface area is 94.7 Å². The third-order valence-corrected chi connectivity index (χ3v) is 3.75. The van der Waals surface area contributed by atoms with Crippen LogP contribution in [0.3, 0.4) is 0 Å². The van der Waals surface area contributed by atoms with Gasteiger partial charge >= 0.3 is 0 Å². The molecule has 0 amide bonds. The van der Waals surface area contributed by atoms with Crippen LogP contribution in [-0.4, -0.2) is 18.4 Å². The second kappa shape index (κ2) is 5.42. The van der Waals surface area contributed by atoms with Gasteiger partial charge in [0.25, 0.3) is 0 Å². The minimum Gasteiger partial charge on any atom is -0.307 e. The number of nitrogens with one attached hydrogen (secondary N) is 1. The Balaban J connectivity index is 1.89. The molecule has 1 aliphatic heterocycles. The van der Waals surface area contributed by atoms with Gasteiger partial charge in [-0.05, 0) is 30.8 Å². The first-order chi connectivity index (χ1) is 7.36. The zero-order valence-corrected chi connectivity index (χ0v) is 9.69. The molecule has 0 aliphatic carbocycles. The van der Waals surface area contributed by atoms with Crippen LogP contribution in [0.2, 0.25) is 0 Å². The van der Waals surface area contributed by atoms with Crippen LogP contribution in [0, 0.1) is 0 Å². The Hall–Kier alpha value is -0.670. The number of hydrogen-bond acceptors (Lipinski definition) is 3. The summed E-state index contributed by atoms with van der Waals surface area (Å²) in [6.45, 7) is 1.00. The lowest BCUT2D eigenvalue weighted by atomic mass is 10.0. The van der Waals surface area contributed by atoms with Crippen LogP contribution in [0.15, 0.2) is 17.5 Å². The van der Waals surface area contributed by atoms with Gasteiger partial charge < -0.3 is 5.32 Å². The molecule has 2 nitrogen and oxygen atoms in total. The molecule has 0 spiro atoms. The highest BCUT2D eigenvalue weighted by Gasteiger charge is 2.19. The third-order valence-electron chi connectivity index (χ3n) is 2.88. The summed E-state index contributed by atoms with van der Waals surface area (Å²) >= 11 is 1.67. The fraction of sp³-hybridized carbons (Fsp3) is 0.583. The Morgan fingerprint density at radius 3 is 3.20 bits per heavy atom. The molecule has 15 heavy (non-hydrogen) atoms. The van der Waals surface area contributed by atoms with Crippen molar-refractivity contribution in [1.29, 1.82) is 0 Å². The van der Waals surface area contributed by atoms with Crippen molar-refractivity contribution >= 4 is 17.1 Å². The maximum atomic E-state index is 12.0. The molecule has 1 saturated heterocycles. The van der Waals surface area contributed by atoms with E-state index >= 15 is 0 Å². The maximum absolute atomic E-state index is 12.0. The highest BCUT2D eigenvalue weighted by atomic mass is 32.1. The summed E-state index contributed by atoms with van der Waals surface area (Å²) in [7, 11) is 0. The summed E-state index contributed by atoms with van der Waals surface area (Å²) in [5, 5.41) is 5.38. The van der Waals surface area contributed by atoms with Gasteiger partial charge in [-0.25, -0.2) is 0 Å². The molecule has 1 aliphatic rings. The van der Waals surface area contributed by atoms with Gasteiger partial charge in [-0.15, -0.1) is 11.3 Å². The smallest absolute Gasteiger partial charge is 0.154 e. The van der Waals surface area contributed by atoms with Crippen LogP contribution in [0.1, 0.15) is 30.6 Å². The van der Waals surface area contributed by atoms with Crippen LogP contribution in [-0.2, 0) is 11.2 Å². The van der Waals surface area contributed by atoms with E-state index in [-0.39, 0.29) is 6.04 Å². The van der Waals surface area contributed by atoms with E-state index in [0.717, 1.165) is 13.0 Å². The van der Waals surface area contributed by atoms with Gasteiger partial charge in [-0.2, -0.15) is 0 Å². The lowest BCUT2D eigenvalue weighted by Crippen LogP contribution is -2.36. The monoisotopic (exact) mass is 223 g/mol. The van der Waals surface area contributed by atoms with Crippen LogP contribution in [0.5, 0.6) is 0 Å². The average molecular weight is 223 g/mol. The zero-order valence-electron chi connectivity index (χ0n) is 8.87. The molecule has 3 heteroatoms. The summed E-state index contributed by atoms with van der Waals surface area (Å²) in [5.74, 6) is 0.361. The largest absolute Gasteiger partial charge is 0.307 e. The summed E-state index contributed by atoms with van der Waals surface area (Å²) in [4.78, 5) is 13.1. The van der Waals surface area contributed by atoms with Crippen molar-refractivity contribution in [2.45, 2.75) is 38.1 Å². The Kier molecular flexibility index (Phi) is 3.92. The molecule has 1 aromatic heterocycles. The summed E-state index contributed by atoms with van der Waals surface area (Å²) in [5.41, 5.74) is 0. The van der Waals surface area contributed by atoms with E-state index in [2.05, 4.69) is 5.32 Å². The van der Waals surface area contributed by atoms with Crippen molar-refractivity contribution in [2.75, 3.05) is 6.54 Å². The zero-order chi connectivity index (χ0) is 10.5. The lowest BCUT2D eigenvalue weighted by molar-refractivity contribution is -0.120. The normalized spacial score (nSPS) is 22.3. The highest BCUT2D eigenvalue weighted by Crippen LogP contribution is 2.14. The number of hydrogen-bond donors (Lipinski definition) is 1. The van der Waals surface area contributed by atoms with Crippen molar-refractivity contribution in [3.8, 4) is 0 Å². The van der Waals surface area contributed by atoms with Crippen molar-refractivity contribution in [3.63, 3.8) is 0 Å². The van der Waals surface area contributed by atoms with Crippen LogP contribution < -0.4 is 5.32 Å². The molecule has 1 atom stereocenters. The van der Waals surface area contributed by atoms with E-state index in [1.807, 2.05) is 17.5 Å². The molecule has 1 fully saturated rings. The van der Waals surface area contributed by atoms with Crippen molar-refractivity contribution in [2.24, 2.45) is 0 Å². The quantitative estimate of drug-likeness (QED) is 0.852. The molecule has 0 aromatic carbocycles. The van der Waals surface area contributed by atoms with Crippen molar-refractivity contribution in [3.05, 3.63) is 22.4 Å². The number of thiophene rings is 1. The highest BCUT2D eigenvalue weighted by molar-refractivity contribution is 7.10. The average Bonchev–Trinajstić information content (AvgIpc) is 2.58. The third kappa shape index (κ3) is 3.14. The van der Waals surface area contributed by atoms with Crippen molar-refractivity contribution in [1.82, 2.24) is 5.32 Å². The standard InChI is InChI=1S/C12H17NOS/c14-12(9-10-5-4-8-15-10)11-6-2-1-3-7-13-11/h4-5,8,11,13H,1-3,6-7,9H2. The van der Waals surface area contributed by atoms with E-state index in [4.69, 9.17) is 0 Å². The minimum absolute atomic E-state index is 0.106. The molecular formula is C12H17NOS. The molecule has 1 N–H and O–H groups in total. The first-order valence-corrected chi connectivity index (χ1v) is 6.53. The first-order valence-electron chi connectivity index (χ1n) is 5.65. The molecular weight excluding hydrogens is 206 g/mol. The maximum Gasteiger partial charge on any atom is 0.154 e. The fourth-order valence-electron chi connectivity index (χ4n) is 2.01. The van der Waals surface area contributed by atoms with Gasteiger partial charge in [0.15, 0.2) is 5.78 Å². The SMILES string of the molecule is O=C(Cc1cccs1)C1CCCCCN1. The number of carbonyl (C=O) groups excluding carboxylic acids is 1. The molecule has 0 bridgehead atoms. The summed E-state index contributed by atoms with van der Waals surface area (Å²) in [6.07, 6.45) is 5.28. The molecule has 1 aromatic rings. The second-order valence-corrected chi connectivity index (χ2v) is 5.11. The van der Waals surface area contributed by atoms with Gasteiger partial charge in [-0.3, -0.25) is 4.79 Å². The molecule has 2 heterocycles. The Morgan fingerprint density at radius 1 is 1.47 bits per heavy atom.